The number of esters is 1. The molecular weight excluding hydrogens is 324 g/mol. The lowest BCUT2D eigenvalue weighted by Gasteiger charge is -2.07. The van der Waals surface area contributed by atoms with Crippen molar-refractivity contribution in [1.29, 1.82) is 10.7 Å². The van der Waals surface area contributed by atoms with Crippen LogP contribution in [0.4, 0.5) is 0 Å². The number of hydrogen-bond donors (Lipinski definition) is 2. The first-order valence-electron chi connectivity index (χ1n) is 7.53. The zero-order chi connectivity index (χ0) is 18.4. The van der Waals surface area contributed by atoms with E-state index in [0.29, 0.717) is 16.7 Å². The Kier molecular flexibility index (Phi) is 5.74. The fraction of sp³-hybridized carbons (Fsp3) is 0.294. The van der Waals surface area contributed by atoms with Crippen LogP contribution in [0.3, 0.4) is 0 Å². The molecule has 2 aromatic rings. The molecule has 0 aliphatic carbocycles. The van der Waals surface area contributed by atoms with Gasteiger partial charge in [0.2, 0.25) is 0 Å². The first-order valence-corrected chi connectivity index (χ1v) is 7.53. The quantitative estimate of drug-likeness (QED) is 0.573. The Balaban J connectivity index is 1.92. The van der Waals surface area contributed by atoms with Crippen LogP contribution in [0.15, 0.2) is 29.1 Å². The number of aromatic amines is 1. The number of carbonyl (C=O) groups excluding carboxylic acids is 2. The molecule has 0 amide bonds. The molecule has 0 saturated carbocycles. The summed E-state index contributed by atoms with van der Waals surface area (Å²) in [7, 11) is 0. The zero-order valence-electron chi connectivity index (χ0n) is 13.5. The summed E-state index contributed by atoms with van der Waals surface area (Å²) in [5.74, 6) is -2.15. The minimum Gasteiger partial charge on any atom is -0.458 e. The Bertz CT molecular complexity index is 926. The summed E-state index contributed by atoms with van der Waals surface area (Å²) >= 11 is 0. The normalized spacial score (nSPS) is 11.5. The highest BCUT2D eigenvalue weighted by molar-refractivity contribution is 6.05. The van der Waals surface area contributed by atoms with Gasteiger partial charge in [-0.3, -0.25) is 14.4 Å². The highest BCUT2D eigenvalue weighted by atomic mass is 16.5. The van der Waals surface area contributed by atoms with Crippen molar-refractivity contribution >= 4 is 28.4 Å². The molecule has 0 saturated heterocycles. The molecule has 2 N–H and O–H groups in total. The summed E-state index contributed by atoms with van der Waals surface area (Å²) in [6, 6.07) is 8.54. The van der Waals surface area contributed by atoms with Crippen molar-refractivity contribution < 1.29 is 14.3 Å². The number of nitriles is 1. The number of ketones is 1. The second-order valence-corrected chi connectivity index (χ2v) is 5.40. The van der Waals surface area contributed by atoms with Crippen LogP contribution in [-0.4, -0.2) is 34.0 Å². The van der Waals surface area contributed by atoms with Crippen molar-refractivity contribution in [1.82, 2.24) is 9.97 Å². The molecule has 8 heteroatoms. The van der Waals surface area contributed by atoms with Gasteiger partial charge in [0.05, 0.1) is 23.4 Å². The maximum atomic E-state index is 11.9. The van der Waals surface area contributed by atoms with Crippen LogP contribution < -0.4 is 5.56 Å². The number of Topliss-reactive ketones (excluding diaryl/α,β-unsaturated/α-hetero) is 1. The highest BCUT2D eigenvalue weighted by Crippen LogP contribution is 2.07. The lowest BCUT2D eigenvalue weighted by molar-refractivity contribution is -0.148. The SMILES string of the molecule is CC(=N)C(C#N)C(=O)COC(=O)CCc1nc2ccccc2c(=O)[nH]1. The monoisotopic (exact) mass is 340 g/mol. The molecule has 8 nitrogen and oxygen atoms in total. The fourth-order valence-corrected chi connectivity index (χ4v) is 2.19. The van der Waals surface area contributed by atoms with Crippen molar-refractivity contribution in [3.05, 3.63) is 40.4 Å². The second kappa shape index (κ2) is 7.97. The van der Waals surface area contributed by atoms with E-state index in [2.05, 4.69) is 9.97 Å². The van der Waals surface area contributed by atoms with E-state index in [1.807, 2.05) is 0 Å². The van der Waals surface area contributed by atoms with Crippen molar-refractivity contribution in [3.63, 3.8) is 0 Å². The standard InChI is InChI=1S/C17H16N4O4/c1-10(19)12(8-18)14(22)9-25-16(23)7-6-15-20-13-5-3-2-4-11(13)17(24)21-15/h2-5,12,19H,6-7,9H2,1H3,(H,20,21,24). The summed E-state index contributed by atoms with van der Waals surface area (Å²) in [5.41, 5.74) is 0.145. The Morgan fingerprint density at radius 3 is 2.80 bits per heavy atom. The van der Waals surface area contributed by atoms with Crippen LogP contribution in [0.25, 0.3) is 10.9 Å². The van der Waals surface area contributed by atoms with Gasteiger partial charge < -0.3 is 15.1 Å². The number of nitrogens with one attached hydrogen (secondary N) is 2. The topological polar surface area (TPSA) is 137 Å². The van der Waals surface area contributed by atoms with E-state index < -0.39 is 24.3 Å². The average Bonchev–Trinajstić information content (AvgIpc) is 2.58. The molecule has 0 aliphatic heterocycles. The van der Waals surface area contributed by atoms with Gasteiger partial charge in [-0.1, -0.05) is 12.1 Å². The highest BCUT2D eigenvalue weighted by Gasteiger charge is 2.21. The number of aryl methyl sites for hydroxylation is 1. The smallest absolute Gasteiger partial charge is 0.306 e. The Morgan fingerprint density at radius 1 is 1.40 bits per heavy atom. The number of para-hydroxylation sites is 1. The molecule has 0 radical (unpaired) electrons. The lowest BCUT2D eigenvalue weighted by atomic mass is 10.0. The number of rotatable bonds is 7. The maximum Gasteiger partial charge on any atom is 0.306 e. The van der Waals surface area contributed by atoms with Crippen molar-refractivity contribution in [2.75, 3.05) is 6.61 Å². The number of hydrogen-bond acceptors (Lipinski definition) is 7. The van der Waals surface area contributed by atoms with Crippen LogP contribution in [0.2, 0.25) is 0 Å². The van der Waals surface area contributed by atoms with Gasteiger partial charge in [-0.25, -0.2) is 4.98 Å². The number of aromatic nitrogens is 2. The molecule has 1 aromatic carbocycles. The van der Waals surface area contributed by atoms with Crippen molar-refractivity contribution in [2.45, 2.75) is 19.8 Å². The molecule has 1 aromatic heterocycles. The van der Waals surface area contributed by atoms with Gasteiger partial charge in [0.1, 0.15) is 11.7 Å². The van der Waals surface area contributed by atoms with Gasteiger partial charge >= 0.3 is 5.97 Å². The van der Waals surface area contributed by atoms with Crippen molar-refractivity contribution in [2.24, 2.45) is 5.92 Å². The van der Waals surface area contributed by atoms with Crippen LogP contribution in [0.5, 0.6) is 0 Å². The van der Waals surface area contributed by atoms with Gasteiger partial charge in [0, 0.05) is 12.1 Å². The fourth-order valence-electron chi connectivity index (χ4n) is 2.19. The van der Waals surface area contributed by atoms with Gasteiger partial charge in [-0.05, 0) is 19.1 Å². The summed E-state index contributed by atoms with van der Waals surface area (Å²) in [6.07, 6.45) is 0.0771. The first kappa shape index (κ1) is 18.0. The number of carbonyl (C=O) groups is 2. The van der Waals surface area contributed by atoms with E-state index in [4.69, 9.17) is 15.4 Å². The molecule has 2 rings (SSSR count). The third-order valence-electron chi connectivity index (χ3n) is 3.49. The minimum atomic E-state index is -1.20. The molecule has 1 atom stereocenters. The minimum absolute atomic E-state index is 0.0741. The van der Waals surface area contributed by atoms with Crippen LogP contribution >= 0.6 is 0 Å². The van der Waals surface area contributed by atoms with Gasteiger partial charge in [-0.15, -0.1) is 0 Å². The predicted octanol–water partition coefficient (Wildman–Crippen LogP) is 1.15. The van der Waals surface area contributed by atoms with Gasteiger partial charge in [-0.2, -0.15) is 5.26 Å². The van der Waals surface area contributed by atoms with Gasteiger partial charge in [0.15, 0.2) is 12.4 Å². The van der Waals surface area contributed by atoms with Crippen LogP contribution in [-0.2, 0) is 20.7 Å². The lowest BCUT2D eigenvalue weighted by Crippen LogP contribution is -2.25. The molecule has 25 heavy (non-hydrogen) atoms. The molecule has 128 valence electrons. The molecule has 1 heterocycles. The first-order chi connectivity index (χ1) is 11.9. The summed E-state index contributed by atoms with van der Waals surface area (Å²) in [5, 5.41) is 16.6. The van der Waals surface area contributed by atoms with Crippen molar-refractivity contribution in [3.8, 4) is 6.07 Å². The van der Waals surface area contributed by atoms with Gasteiger partial charge in [0.25, 0.3) is 5.56 Å². The summed E-state index contributed by atoms with van der Waals surface area (Å²) in [4.78, 5) is 42.2. The number of fused-ring (bicyclic) bond motifs is 1. The number of ether oxygens (including phenoxy) is 1. The predicted molar refractivity (Wildman–Crippen MR) is 89.2 cm³/mol. The Hall–Kier alpha value is -3.34. The van der Waals surface area contributed by atoms with E-state index in [-0.39, 0.29) is 24.1 Å². The molecule has 0 spiro atoms. The third-order valence-corrected chi connectivity index (χ3v) is 3.49. The molecule has 0 bridgehead atoms. The molecule has 0 fully saturated rings. The van der Waals surface area contributed by atoms with E-state index in [0.717, 1.165) is 0 Å². The Morgan fingerprint density at radius 2 is 2.12 bits per heavy atom. The van der Waals surface area contributed by atoms with E-state index in [1.165, 1.54) is 6.92 Å². The van der Waals surface area contributed by atoms with E-state index in [1.54, 1.807) is 30.3 Å². The molecular formula is C17H16N4O4. The molecule has 1 unspecified atom stereocenters. The van der Waals surface area contributed by atoms with E-state index >= 15 is 0 Å². The van der Waals surface area contributed by atoms with Crippen LogP contribution in [0.1, 0.15) is 19.2 Å². The Labute approximate surface area is 143 Å². The molecule has 0 aliphatic rings. The maximum absolute atomic E-state index is 11.9. The zero-order valence-corrected chi connectivity index (χ0v) is 13.5. The number of benzene rings is 1. The number of H-pyrrole nitrogens is 1. The average molecular weight is 340 g/mol. The van der Waals surface area contributed by atoms with Crippen LogP contribution in [0, 0.1) is 22.7 Å². The number of nitrogens with zero attached hydrogens (tertiary/aromatic N) is 2. The second-order valence-electron chi connectivity index (χ2n) is 5.40. The summed E-state index contributed by atoms with van der Waals surface area (Å²) < 4.78 is 4.82. The van der Waals surface area contributed by atoms with E-state index in [9.17, 15) is 14.4 Å². The summed E-state index contributed by atoms with van der Waals surface area (Å²) in [6.45, 7) is 0.782. The third kappa shape index (κ3) is 4.57. The largest absolute Gasteiger partial charge is 0.458 e.